The standard InChI is InChI=1S/C16H27N3O2/c1-4-14-15(13(3)21-18-14)16(20)17-10-12(2)11-19-8-6-5-7-9-19/h12H,4-11H2,1-3H3,(H,17,20). The third-order valence-corrected chi connectivity index (χ3v) is 4.12. The highest BCUT2D eigenvalue weighted by Gasteiger charge is 2.20. The largest absolute Gasteiger partial charge is 0.361 e. The number of nitrogens with one attached hydrogen (secondary N) is 1. The molecule has 0 aromatic carbocycles. The number of likely N-dealkylation sites (tertiary alicyclic amines) is 1. The minimum atomic E-state index is -0.0592. The van der Waals surface area contributed by atoms with Gasteiger partial charge in [-0.1, -0.05) is 25.4 Å². The normalized spacial score (nSPS) is 17.7. The minimum absolute atomic E-state index is 0.0592. The zero-order chi connectivity index (χ0) is 15.2. The molecule has 5 nitrogen and oxygen atoms in total. The lowest BCUT2D eigenvalue weighted by molar-refractivity contribution is 0.0940. The van der Waals surface area contributed by atoms with Gasteiger partial charge in [0.2, 0.25) is 0 Å². The van der Waals surface area contributed by atoms with Crippen molar-refractivity contribution < 1.29 is 9.32 Å². The molecule has 21 heavy (non-hydrogen) atoms. The molecule has 1 atom stereocenters. The molecule has 2 rings (SSSR count). The molecule has 0 bridgehead atoms. The summed E-state index contributed by atoms with van der Waals surface area (Å²) in [6, 6.07) is 0. The van der Waals surface area contributed by atoms with E-state index in [-0.39, 0.29) is 5.91 Å². The van der Waals surface area contributed by atoms with Crippen molar-refractivity contribution in [2.45, 2.75) is 46.5 Å². The topological polar surface area (TPSA) is 58.4 Å². The van der Waals surface area contributed by atoms with E-state index in [1.165, 1.54) is 32.4 Å². The van der Waals surface area contributed by atoms with Gasteiger partial charge in [-0.2, -0.15) is 0 Å². The highest BCUT2D eigenvalue weighted by Crippen LogP contribution is 2.14. The Morgan fingerprint density at radius 3 is 2.76 bits per heavy atom. The van der Waals surface area contributed by atoms with E-state index in [1.807, 2.05) is 6.92 Å². The van der Waals surface area contributed by atoms with E-state index < -0.39 is 0 Å². The first-order valence-electron chi connectivity index (χ1n) is 8.07. The summed E-state index contributed by atoms with van der Waals surface area (Å²) in [6.07, 6.45) is 4.68. The van der Waals surface area contributed by atoms with E-state index >= 15 is 0 Å². The summed E-state index contributed by atoms with van der Waals surface area (Å²) in [4.78, 5) is 14.8. The van der Waals surface area contributed by atoms with Gasteiger partial charge in [0.1, 0.15) is 11.3 Å². The maximum absolute atomic E-state index is 12.3. The predicted molar refractivity (Wildman–Crippen MR) is 82.4 cm³/mol. The van der Waals surface area contributed by atoms with Gasteiger partial charge in [0.05, 0.1) is 5.69 Å². The number of rotatable bonds is 6. The van der Waals surface area contributed by atoms with Crippen LogP contribution in [0, 0.1) is 12.8 Å². The summed E-state index contributed by atoms with van der Waals surface area (Å²) in [7, 11) is 0. The first-order valence-corrected chi connectivity index (χ1v) is 8.07. The van der Waals surface area contributed by atoms with Crippen LogP contribution in [0.25, 0.3) is 0 Å². The van der Waals surface area contributed by atoms with Crippen molar-refractivity contribution in [3.8, 4) is 0 Å². The lowest BCUT2D eigenvalue weighted by Gasteiger charge is -2.29. The van der Waals surface area contributed by atoms with Crippen molar-refractivity contribution >= 4 is 5.91 Å². The molecular formula is C16H27N3O2. The van der Waals surface area contributed by atoms with Crippen LogP contribution in [-0.2, 0) is 6.42 Å². The lowest BCUT2D eigenvalue weighted by Crippen LogP contribution is -2.38. The average molecular weight is 293 g/mol. The summed E-state index contributed by atoms with van der Waals surface area (Å²) in [5.41, 5.74) is 1.36. The number of hydrogen-bond donors (Lipinski definition) is 1. The molecule has 1 aromatic heterocycles. The Balaban J connectivity index is 1.81. The molecular weight excluding hydrogens is 266 g/mol. The average Bonchev–Trinajstić information content (AvgIpc) is 2.87. The molecule has 1 fully saturated rings. The molecule has 1 aromatic rings. The summed E-state index contributed by atoms with van der Waals surface area (Å²) >= 11 is 0. The Kier molecular flexibility index (Phi) is 5.79. The monoisotopic (exact) mass is 293 g/mol. The van der Waals surface area contributed by atoms with Crippen LogP contribution in [0.5, 0.6) is 0 Å². The second-order valence-electron chi connectivity index (χ2n) is 6.09. The Hall–Kier alpha value is -1.36. The van der Waals surface area contributed by atoms with Gasteiger partial charge in [0, 0.05) is 13.1 Å². The Morgan fingerprint density at radius 1 is 1.38 bits per heavy atom. The Labute approximate surface area is 127 Å². The maximum atomic E-state index is 12.3. The van der Waals surface area contributed by atoms with Crippen LogP contribution in [0.15, 0.2) is 4.52 Å². The zero-order valence-electron chi connectivity index (χ0n) is 13.4. The van der Waals surface area contributed by atoms with E-state index in [4.69, 9.17) is 4.52 Å². The van der Waals surface area contributed by atoms with Gasteiger partial charge in [-0.15, -0.1) is 0 Å². The molecule has 1 saturated heterocycles. The van der Waals surface area contributed by atoms with E-state index in [9.17, 15) is 4.79 Å². The smallest absolute Gasteiger partial charge is 0.256 e. The molecule has 118 valence electrons. The molecule has 1 amide bonds. The van der Waals surface area contributed by atoms with Crippen LogP contribution in [-0.4, -0.2) is 42.1 Å². The van der Waals surface area contributed by atoms with Gasteiger partial charge in [-0.25, -0.2) is 0 Å². The molecule has 1 aliphatic heterocycles. The van der Waals surface area contributed by atoms with Crippen molar-refractivity contribution in [1.82, 2.24) is 15.4 Å². The summed E-state index contributed by atoms with van der Waals surface area (Å²) < 4.78 is 5.12. The summed E-state index contributed by atoms with van der Waals surface area (Å²) in [6.45, 7) is 10.1. The minimum Gasteiger partial charge on any atom is -0.361 e. The summed E-state index contributed by atoms with van der Waals surface area (Å²) in [5, 5.41) is 6.96. The van der Waals surface area contributed by atoms with Crippen LogP contribution < -0.4 is 5.32 Å². The van der Waals surface area contributed by atoms with Crippen molar-refractivity contribution in [2.24, 2.45) is 5.92 Å². The number of aryl methyl sites for hydroxylation is 2. The third-order valence-electron chi connectivity index (χ3n) is 4.12. The van der Waals surface area contributed by atoms with E-state index in [1.54, 1.807) is 6.92 Å². The zero-order valence-corrected chi connectivity index (χ0v) is 13.4. The second-order valence-corrected chi connectivity index (χ2v) is 6.09. The Bertz CT molecular complexity index is 464. The fraction of sp³-hybridized carbons (Fsp3) is 0.750. The van der Waals surface area contributed by atoms with Crippen LogP contribution in [0.3, 0.4) is 0 Å². The van der Waals surface area contributed by atoms with Gasteiger partial charge in [0.15, 0.2) is 0 Å². The predicted octanol–water partition coefficient (Wildman–Crippen LogP) is 2.40. The van der Waals surface area contributed by atoms with Gasteiger partial charge < -0.3 is 14.7 Å². The van der Waals surface area contributed by atoms with Gasteiger partial charge >= 0.3 is 0 Å². The second kappa shape index (κ2) is 7.59. The van der Waals surface area contributed by atoms with Crippen molar-refractivity contribution in [3.63, 3.8) is 0 Å². The van der Waals surface area contributed by atoms with E-state index in [0.29, 0.717) is 30.2 Å². The number of amides is 1. The number of carbonyl (C=O) groups excluding carboxylic acids is 1. The van der Waals surface area contributed by atoms with Crippen LogP contribution in [0.4, 0.5) is 0 Å². The molecule has 2 heterocycles. The van der Waals surface area contributed by atoms with E-state index in [2.05, 4.69) is 22.3 Å². The highest BCUT2D eigenvalue weighted by atomic mass is 16.5. The fourth-order valence-electron chi connectivity index (χ4n) is 2.95. The summed E-state index contributed by atoms with van der Waals surface area (Å²) in [5.74, 6) is 1.00. The highest BCUT2D eigenvalue weighted by molar-refractivity contribution is 5.96. The molecule has 1 unspecified atom stereocenters. The SMILES string of the molecule is CCc1noc(C)c1C(=O)NCC(C)CN1CCCCC1. The van der Waals surface area contributed by atoms with Gasteiger partial charge in [-0.05, 0) is 45.2 Å². The third kappa shape index (κ3) is 4.30. The van der Waals surface area contributed by atoms with Crippen molar-refractivity contribution in [2.75, 3.05) is 26.2 Å². The number of nitrogens with zero attached hydrogens (tertiary/aromatic N) is 2. The van der Waals surface area contributed by atoms with Crippen LogP contribution in [0.2, 0.25) is 0 Å². The first kappa shape index (κ1) is 16.0. The van der Waals surface area contributed by atoms with Gasteiger partial charge in [0.25, 0.3) is 5.91 Å². The van der Waals surface area contributed by atoms with E-state index in [0.717, 1.165) is 12.2 Å². The number of carbonyl (C=O) groups is 1. The van der Waals surface area contributed by atoms with Crippen molar-refractivity contribution in [1.29, 1.82) is 0 Å². The Morgan fingerprint density at radius 2 is 2.10 bits per heavy atom. The molecule has 5 heteroatoms. The van der Waals surface area contributed by atoms with Crippen LogP contribution >= 0.6 is 0 Å². The molecule has 0 spiro atoms. The molecule has 0 radical (unpaired) electrons. The van der Waals surface area contributed by atoms with Crippen LogP contribution in [0.1, 0.15) is 54.9 Å². The number of hydrogen-bond acceptors (Lipinski definition) is 4. The maximum Gasteiger partial charge on any atom is 0.256 e. The molecule has 1 aliphatic rings. The number of piperidine rings is 1. The van der Waals surface area contributed by atoms with Gasteiger partial charge in [-0.3, -0.25) is 4.79 Å². The molecule has 0 aliphatic carbocycles. The lowest BCUT2D eigenvalue weighted by atomic mass is 10.1. The molecule has 1 N–H and O–H groups in total. The molecule has 0 saturated carbocycles. The quantitative estimate of drug-likeness (QED) is 0.875. The fourth-order valence-corrected chi connectivity index (χ4v) is 2.95. The number of aromatic nitrogens is 1. The first-order chi connectivity index (χ1) is 10.1. The van der Waals surface area contributed by atoms with Crippen molar-refractivity contribution in [3.05, 3.63) is 17.0 Å².